The maximum Gasteiger partial charge on any atom is 0.421 e. The Morgan fingerprint density at radius 3 is 2.10 bits per heavy atom. The summed E-state index contributed by atoms with van der Waals surface area (Å²) in [6.45, 7) is 14.7. The largest absolute Gasteiger partial charge is 0.763 e. The van der Waals surface area contributed by atoms with Crippen molar-refractivity contribution in [3.63, 3.8) is 0 Å². The summed E-state index contributed by atoms with van der Waals surface area (Å²) in [4.78, 5) is 26.9. The molecule has 2 amide bonds. The topological polar surface area (TPSA) is 68.9 Å². The zero-order valence-electron chi connectivity index (χ0n) is 18.4. The highest BCUT2D eigenvalue weighted by Gasteiger charge is 2.49. The van der Waals surface area contributed by atoms with Crippen LogP contribution in [0.5, 0.6) is 0 Å². The van der Waals surface area contributed by atoms with Gasteiger partial charge < -0.3 is 10.1 Å². The standard InChI is InChI=1S/C22H32ClN2O3P/c1-8-28-22(27)25(20-11-9-10-19(23)12-20)21(26)18(13-24)14-29(15(2)3,16(4)5)17(6)7/h9-12,15-17H,8,14H2,1-7H3. The molecule has 7 heteroatoms. The first-order valence-electron chi connectivity index (χ1n) is 9.92. The van der Waals surface area contributed by atoms with Crippen molar-refractivity contribution in [2.45, 2.75) is 65.4 Å². The molecule has 160 valence electrons. The summed E-state index contributed by atoms with van der Waals surface area (Å²) in [5.41, 5.74) is 1.42. The van der Waals surface area contributed by atoms with Crippen LogP contribution in [0, 0.1) is 0 Å². The van der Waals surface area contributed by atoms with Crippen molar-refractivity contribution in [2.24, 2.45) is 0 Å². The van der Waals surface area contributed by atoms with Crippen LogP contribution in [0.25, 0.3) is 5.41 Å². The number of nitrogens with zero attached hydrogens (tertiary/aromatic N) is 2. The van der Waals surface area contributed by atoms with Crippen molar-refractivity contribution >= 4 is 42.4 Å². The lowest BCUT2D eigenvalue weighted by molar-refractivity contribution is -0.114. The molecule has 0 saturated carbocycles. The second-order valence-corrected chi connectivity index (χ2v) is 13.7. The van der Waals surface area contributed by atoms with Crippen LogP contribution in [0.2, 0.25) is 5.02 Å². The predicted molar refractivity (Wildman–Crippen MR) is 125 cm³/mol. The van der Waals surface area contributed by atoms with Gasteiger partial charge in [0.25, 0.3) is 5.91 Å². The van der Waals surface area contributed by atoms with E-state index in [1.54, 1.807) is 25.1 Å². The van der Waals surface area contributed by atoms with Crippen LogP contribution in [0.15, 0.2) is 29.8 Å². The summed E-state index contributed by atoms with van der Waals surface area (Å²) in [5.74, 6) is 1.46. The Bertz CT molecular complexity index is 764. The summed E-state index contributed by atoms with van der Waals surface area (Å²) in [6, 6.07) is 6.42. The molecule has 0 atom stereocenters. The van der Waals surface area contributed by atoms with Crippen LogP contribution in [0.1, 0.15) is 48.5 Å². The van der Waals surface area contributed by atoms with E-state index in [4.69, 9.17) is 16.3 Å². The minimum Gasteiger partial charge on any atom is -0.763 e. The molecule has 0 aliphatic heterocycles. The second kappa shape index (κ2) is 10.9. The Morgan fingerprint density at radius 2 is 1.69 bits per heavy atom. The normalized spacial score (nSPS) is 11.6. The van der Waals surface area contributed by atoms with Gasteiger partial charge in [0.2, 0.25) is 0 Å². The maximum absolute atomic E-state index is 13.4. The van der Waals surface area contributed by atoms with Crippen molar-refractivity contribution in [3.05, 3.63) is 40.3 Å². The number of ether oxygens (including phenoxy) is 1. The molecule has 29 heavy (non-hydrogen) atoms. The molecule has 0 heterocycles. The Morgan fingerprint density at radius 1 is 1.14 bits per heavy atom. The molecular weight excluding hydrogens is 407 g/mol. The molecule has 0 radical (unpaired) electrons. The summed E-state index contributed by atoms with van der Waals surface area (Å²) < 4.78 is 5.10. The predicted octanol–water partition coefficient (Wildman–Crippen LogP) is 6.24. The van der Waals surface area contributed by atoms with E-state index in [0.29, 0.717) is 28.2 Å². The first-order valence-corrected chi connectivity index (χ1v) is 12.5. The number of rotatable bonds is 8. The van der Waals surface area contributed by atoms with E-state index in [1.807, 2.05) is 0 Å². The smallest absolute Gasteiger partial charge is 0.421 e. The molecule has 0 N–H and O–H groups in total. The molecule has 1 aromatic rings. The first-order chi connectivity index (χ1) is 13.5. The highest BCUT2D eigenvalue weighted by molar-refractivity contribution is 7.78. The Kier molecular flexibility index (Phi) is 9.55. The fraction of sp³-hybridized carbons (Fsp3) is 0.545. The third-order valence-corrected chi connectivity index (χ3v) is 12.3. The van der Waals surface area contributed by atoms with Gasteiger partial charge in [-0.05, 0) is 66.7 Å². The van der Waals surface area contributed by atoms with Gasteiger partial charge in [-0.25, -0.2) is 9.69 Å². The van der Waals surface area contributed by atoms with Crippen LogP contribution in [-0.2, 0) is 9.53 Å². The lowest BCUT2D eigenvalue weighted by atomic mass is 10.2. The molecule has 5 nitrogen and oxygen atoms in total. The fourth-order valence-electron chi connectivity index (χ4n) is 4.01. The number of hydrogen-bond donors (Lipinski definition) is 0. The van der Waals surface area contributed by atoms with Crippen LogP contribution in [0.4, 0.5) is 10.5 Å². The quantitative estimate of drug-likeness (QED) is 0.274. The highest BCUT2D eigenvalue weighted by Crippen LogP contribution is 2.70. The zero-order valence-corrected chi connectivity index (χ0v) is 20.1. The van der Waals surface area contributed by atoms with Gasteiger partial charge in [0, 0.05) is 12.3 Å². The molecule has 0 aliphatic carbocycles. The third-order valence-electron chi connectivity index (χ3n) is 5.43. The minimum atomic E-state index is -1.71. The molecule has 1 aromatic carbocycles. The van der Waals surface area contributed by atoms with E-state index in [9.17, 15) is 15.0 Å². The number of imide groups is 1. The van der Waals surface area contributed by atoms with Crippen LogP contribution in [-0.4, -0.2) is 47.6 Å². The lowest BCUT2D eigenvalue weighted by Gasteiger charge is -2.39. The first kappa shape index (κ1) is 25.4. The third kappa shape index (κ3) is 5.69. The van der Waals surface area contributed by atoms with E-state index in [-0.39, 0.29) is 17.9 Å². The molecule has 1 rings (SSSR count). The van der Waals surface area contributed by atoms with Gasteiger partial charge in [0.15, 0.2) is 0 Å². The van der Waals surface area contributed by atoms with E-state index >= 15 is 0 Å². The molecule has 0 saturated heterocycles. The number of anilines is 1. The van der Waals surface area contributed by atoms with Crippen LogP contribution >= 0.6 is 18.9 Å². The van der Waals surface area contributed by atoms with Crippen molar-refractivity contribution in [2.75, 3.05) is 17.7 Å². The zero-order chi connectivity index (χ0) is 22.4. The Balaban J connectivity index is 3.45. The molecular formula is C22H32ClN2O3P. The van der Waals surface area contributed by atoms with Gasteiger partial charge in [-0.1, -0.05) is 17.7 Å². The molecule has 0 fully saturated rings. The average molecular weight is 439 g/mol. The van der Waals surface area contributed by atoms with E-state index < -0.39 is 19.3 Å². The average Bonchev–Trinajstić information content (AvgIpc) is 2.62. The lowest BCUT2D eigenvalue weighted by Crippen LogP contribution is -2.40. The Hall–Kier alpha value is -1.67. The van der Waals surface area contributed by atoms with E-state index in [0.717, 1.165) is 4.90 Å². The second-order valence-electron chi connectivity index (χ2n) is 7.84. The van der Waals surface area contributed by atoms with Gasteiger partial charge in [-0.15, -0.1) is 0 Å². The van der Waals surface area contributed by atoms with E-state index in [1.165, 1.54) is 6.07 Å². The van der Waals surface area contributed by atoms with Crippen molar-refractivity contribution < 1.29 is 14.3 Å². The van der Waals surface area contributed by atoms with Crippen molar-refractivity contribution in [1.29, 1.82) is 0 Å². The molecule has 0 spiro atoms. The summed E-state index contributed by atoms with van der Waals surface area (Å²) in [5, 5.41) is 10.3. The summed E-state index contributed by atoms with van der Waals surface area (Å²) >= 11 is 6.06. The minimum absolute atomic E-state index is 0.0856. The van der Waals surface area contributed by atoms with Gasteiger partial charge in [0.05, 0.1) is 41.0 Å². The number of carbonyl (C=O) groups is 2. The van der Waals surface area contributed by atoms with Crippen LogP contribution in [0.3, 0.4) is 0 Å². The van der Waals surface area contributed by atoms with Gasteiger partial charge in [-0.3, -0.25) is 10.7 Å². The fourth-order valence-corrected chi connectivity index (χ4v) is 9.62. The number of hydrogen-bond acceptors (Lipinski definition) is 3. The SMILES string of the molecule is CCOC(=O)N(C(=O)C(=C=[N-])C[P+](C(C)C)(C(C)C)C(C)C)c1cccc(Cl)c1. The summed E-state index contributed by atoms with van der Waals surface area (Å²) in [6.07, 6.45) is -0.415. The van der Waals surface area contributed by atoms with Gasteiger partial charge in [-0.2, -0.15) is 0 Å². The maximum atomic E-state index is 13.4. The van der Waals surface area contributed by atoms with Gasteiger partial charge in [0.1, 0.15) is 0 Å². The molecule has 0 aromatic heterocycles. The number of carbonyl (C=O) groups excluding carboxylic acids is 2. The molecule has 0 aliphatic rings. The van der Waals surface area contributed by atoms with Gasteiger partial charge >= 0.3 is 6.09 Å². The van der Waals surface area contributed by atoms with E-state index in [2.05, 4.69) is 47.4 Å². The Labute approximate surface area is 180 Å². The van der Waals surface area contributed by atoms with Crippen molar-refractivity contribution in [3.8, 4) is 0 Å². The van der Waals surface area contributed by atoms with Crippen LogP contribution < -0.4 is 4.90 Å². The van der Waals surface area contributed by atoms with Crippen molar-refractivity contribution in [1.82, 2.24) is 0 Å². The number of benzene rings is 1. The summed E-state index contributed by atoms with van der Waals surface area (Å²) in [7, 11) is -1.71. The highest BCUT2D eigenvalue weighted by atomic mass is 35.5. The number of amides is 2. The monoisotopic (exact) mass is 438 g/mol. The number of halogens is 1. The molecule has 0 unspecified atom stereocenters. The molecule has 0 bridgehead atoms.